The molecule has 206 valence electrons. The average molecular weight is 602 g/mol. The van der Waals surface area contributed by atoms with Crippen LogP contribution in [0.25, 0.3) is 11.3 Å². The van der Waals surface area contributed by atoms with Crippen LogP contribution in [-0.2, 0) is 17.9 Å². The number of alkyl halides is 1. The Bertz CT molecular complexity index is 1580. The minimum absolute atomic E-state index is 0.00188. The van der Waals surface area contributed by atoms with Gasteiger partial charge in [0.05, 0.1) is 32.7 Å². The Balaban J connectivity index is 1.37. The first kappa shape index (κ1) is 28.2. The average Bonchev–Trinajstić information content (AvgIpc) is 3.52. The number of halogens is 4. The van der Waals surface area contributed by atoms with Crippen LogP contribution in [0.15, 0.2) is 59.3 Å². The summed E-state index contributed by atoms with van der Waals surface area (Å²) in [5.41, 5.74) is -0.968. The van der Waals surface area contributed by atoms with Gasteiger partial charge in [-0.25, -0.2) is 9.37 Å². The zero-order chi connectivity index (χ0) is 28.7. The Hall–Kier alpha value is -3.35. The van der Waals surface area contributed by atoms with E-state index in [2.05, 4.69) is 10.1 Å². The number of β-amino-alcohol motifs (C(OH)–C–C–N with tert-alkyl or cyclic N) is 1. The second-order valence-electron chi connectivity index (χ2n) is 10.1. The molecule has 2 aromatic carbocycles. The smallest absolute Gasteiger partial charge is 0.180 e. The molecule has 2 aromatic heterocycles. The van der Waals surface area contributed by atoms with E-state index in [0.717, 1.165) is 0 Å². The predicted octanol–water partition coefficient (Wildman–Crippen LogP) is 7.45. The van der Waals surface area contributed by atoms with Crippen molar-refractivity contribution in [1.29, 1.82) is 5.26 Å². The molecule has 1 atom stereocenters. The lowest BCUT2D eigenvalue weighted by atomic mass is 9.93. The largest absolute Gasteiger partial charge is 0.489 e. The Labute approximate surface area is 245 Å². The molecule has 40 heavy (non-hydrogen) atoms. The lowest BCUT2D eigenvalue weighted by molar-refractivity contribution is 0.0607. The van der Waals surface area contributed by atoms with Crippen LogP contribution in [0.2, 0.25) is 15.1 Å². The van der Waals surface area contributed by atoms with Gasteiger partial charge in [0.15, 0.2) is 11.4 Å². The molecule has 0 aliphatic carbocycles. The van der Waals surface area contributed by atoms with Gasteiger partial charge in [0, 0.05) is 23.9 Å². The van der Waals surface area contributed by atoms with Gasteiger partial charge in [0.25, 0.3) is 0 Å². The van der Waals surface area contributed by atoms with Crippen LogP contribution in [0, 0.1) is 11.3 Å². The highest BCUT2D eigenvalue weighted by Crippen LogP contribution is 2.42. The van der Waals surface area contributed by atoms with Crippen LogP contribution in [0.5, 0.6) is 5.75 Å². The number of nitriles is 1. The van der Waals surface area contributed by atoms with Crippen molar-refractivity contribution in [3.05, 3.63) is 92.2 Å². The van der Waals surface area contributed by atoms with E-state index in [1.807, 2.05) is 11.0 Å². The number of pyridine rings is 1. The first-order valence-corrected chi connectivity index (χ1v) is 13.5. The lowest BCUT2D eigenvalue weighted by Crippen LogP contribution is -2.31. The van der Waals surface area contributed by atoms with Crippen molar-refractivity contribution in [2.75, 3.05) is 18.0 Å². The zero-order valence-corrected chi connectivity index (χ0v) is 23.9. The van der Waals surface area contributed by atoms with Gasteiger partial charge >= 0.3 is 0 Å². The molecule has 1 aliphatic heterocycles. The number of benzene rings is 2. The summed E-state index contributed by atoms with van der Waals surface area (Å²) in [5.74, 6) is 1.07. The maximum absolute atomic E-state index is 15.0. The molecule has 4 aromatic rings. The summed E-state index contributed by atoms with van der Waals surface area (Å²) in [5, 5.41) is 25.5. The Morgan fingerprint density at radius 3 is 2.52 bits per heavy atom. The van der Waals surface area contributed by atoms with E-state index in [9.17, 15) is 5.11 Å². The molecule has 0 amide bonds. The van der Waals surface area contributed by atoms with E-state index >= 15 is 4.39 Å². The normalized spacial score (nSPS) is 17.2. The molecular formula is C29H24Cl3FN4O3. The highest BCUT2D eigenvalue weighted by Gasteiger charge is 2.40. The fraction of sp³-hybridized carbons (Fsp3) is 0.276. The monoisotopic (exact) mass is 600 g/mol. The van der Waals surface area contributed by atoms with Crippen molar-refractivity contribution in [3.8, 4) is 23.1 Å². The van der Waals surface area contributed by atoms with Gasteiger partial charge in [0.2, 0.25) is 0 Å². The van der Waals surface area contributed by atoms with Crippen molar-refractivity contribution in [1.82, 2.24) is 10.1 Å². The van der Waals surface area contributed by atoms with Crippen LogP contribution >= 0.6 is 34.8 Å². The number of rotatable bonds is 7. The molecule has 1 aliphatic rings. The number of ether oxygens (including phenoxy) is 1. The maximum Gasteiger partial charge on any atom is 0.180 e. The molecular weight excluding hydrogens is 578 g/mol. The standard InChI is InChI=1S/C29H24Cl3FN4O3/c1-28(2,33)27-19(26(36-40-27)25-21(30)4-3-5-22(25)31)15-39-18-7-8-20(23(32)12-18)29(38)10-11-37(16-29)24-9-6-17(13-34)14-35-24/h3-9,12,14,38H,10-11,15-16H2,1-2H3. The highest BCUT2D eigenvalue weighted by atomic mass is 35.5. The minimum atomic E-state index is -1.85. The molecule has 1 fully saturated rings. The number of aliphatic hydroxyl groups is 1. The van der Waals surface area contributed by atoms with Gasteiger partial charge in [-0.05, 0) is 56.7 Å². The predicted molar refractivity (Wildman–Crippen MR) is 152 cm³/mol. The van der Waals surface area contributed by atoms with Crippen LogP contribution in [-0.4, -0.2) is 28.3 Å². The van der Waals surface area contributed by atoms with E-state index in [0.29, 0.717) is 61.9 Å². The van der Waals surface area contributed by atoms with Crippen molar-refractivity contribution < 1.29 is 18.8 Å². The topological polar surface area (TPSA) is 95.4 Å². The van der Waals surface area contributed by atoms with Gasteiger partial charge < -0.3 is 19.3 Å². The second kappa shape index (κ2) is 10.9. The van der Waals surface area contributed by atoms with Crippen molar-refractivity contribution in [2.24, 2.45) is 0 Å². The maximum atomic E-state index is 15.0. The Morgan fingerprint density at radius 1 is 1.15 bits per heavy atom. The third kappa shape index (κ3) is 5.48. The van der Waals surface area contributed by atoms with Gasteiger partial charge in [-0.15, -0.1) is 0 Å². The summed E-state index contributed by atoms with van der Waals surface area (Å²) < 4.78 is 26.4. The van der Waals surface area contributed by atoms with E-state index in [-0.39, 0.29) is 24.6 Å². The van der Waals surface area contributed by atoms with Crippen molar-refractivity contribution in [3.63, 3.8) is 0 Å². The first-order valence-electron chi connectivity index (χ1n) is 12.4. The van der Waals surface area contributed by atoms with E-state index in [4.69, 9.17) is 49.3 Å². The van der Waals surface area contributed by atoms with E-state index in [1.54, 1.807) is 48.5 Å². The van der Waals surface area contributed by atoms with Crippen LogP contribution in [0.4, 0.5) is 10.2 Å². The molecule has 3 heterocycles. The fourth-order valence-electron chi connectivity index (χ4n) is 4.80. The van der Waals surface area contributed by atoms with Crippen LogP contribution < -0.4 is 9.64 Å². The highest BCUT2D eigenvalue weighted by molar-refractivity contribution is 6.39. The van der Waals surface area contributed by atoms with Gasteiger partial charge in [-0.2, -0.15) is 5.26 Å². The summed E-state index contributed by atoms with van der Waals surface area (Å²) in [6.07, 6.45) is 1.94. The zero-order valence-electron chi connectivity index (χ0n) is 21.6. The molecule has 7 nitrogen and oxygen atoms in total. The number of hydrogen-bond donors (Lipinski definition) is 1. The Morgan fingerprint density at radius 2 is 1.90 bits per heavy atom. The third-order valence-electron chi connectivity index (χ3n) is 6.80. The van der Waals surface area contributed by atoms with Crippen molar-refractivity contribution in [2.45, 2.75) is 38.1 Å². The van der Waals surface area contributed by atoms with E-state index < -0.39 is 11.3 Å². The van der Waals surface area contributed by atoms with Gasteiger partial charge in [-0.1, -0.05) is 52.1 Å². The second-order valence-corrected chi connectivity index (χ2v) is 11.3. The summed E-state index contributed by atoms with van der Waals surface area (Å²) in [7, 11) is 0. The minimum Gasteiger partial charge on any atom is -0.489 e. The van der Waals surface area contributed by atoms with Crippen LogP contribution in [0.1, 0.15) is 42.7 Å². The first-order chi connectivity index (χ1) is 19.0. The third-order valence-corrected chi connectivity index (χ3v) is 7.74. The molecule has 0 radical (unpaired) electrons. The molecule has 5 rings (SSSR count). The summed E-state index contributed by atoms with van der Waals surface area (Å²) in [6, 6.07) is 15.5. The lowest BCUT2D eigenvalue weighted by Gasteiger charge is -2.25. The quantitative estimate of drug-likeness (QED) is 0.235. The number of hydrogen-bond acceptors (Lipinski definition) is 7. The molecule has 1 unspecified atom stereocenters. The molecule has 11 heteroatoms. The molecule has 1 saturated heterocycles. The van der Waals surface area contributed by atoms with Gasteiger partial charge in [0.1, 0.15) is 35.5 Å². The SMILES string of the molecule is CC(C)(F)c1onc(-c2c(Cl)cccc2Cl)c1COc1ccc(C2(O)CCN(c3ccc(C#N)cn3)C2)c(Cl)c1. The fourth-order valence-corrected chi connectivity index (χ4v) is 5.72. The summed E-state index contributed by atoms with van der Waals surface area (Å²) in [6.45, 7) is 3.47. The molecule has 1 N–H and O–H groups in total. The summed E-state index contributed by atoms with van der Waals surface area (Å²) in [4.78, 5) is 6.26. The number of aromatic nitrogens is 2. The van der Waals surface area contributed by atoms with Gasteiger partial charge in [-0.3, -0.25) is 0 Å². The Kier molecular flexibility index (Phi) is 7.68. The molecule has 0 spiro atoms. The summed E-state index contributed by atoms with van der Waals surface area (Å²) >= 11 is 19.4. The van der Waals surface area contributed by atoms with Crippen LogP contribution in [0.3, 0.4) is 0 Å². The van der Waals surface area contributed by atoms with Crippen molar-refractivity contribution >= 4 is 40.6 Å². The van der Waals surface area contributed by atoms with E-state index in [1.165, 1.54) is 20.0 Å². The number of nitrogens with zero attached hydrogens (tertiary/aromatic N) is 4. The number of anilines is 1. The molecule has 0 saturated carbocycles. The molecule has 0 bridgehead atoms.